The van der Waals surface area contributed by atoms with Gasteiger partial charge in [0.05, 0.1) is 0 Å². The number of nitrogens with one attached hydrogen (secondary N) is 1. The van der Waals surface area contributed by atoms with Gasteiger partial charge in [0.2, 0.25) is 0 Å². The molecule has 4 nitrogen and oxygen atoms in total. The highest BCUT2D eigenvalue weighted by molar-refractivity contribution is 5.83. The lowest BCUT2D eigenvalue weighted by Crippen LogP contribution is -2.42. The number of carbonyl (C=O) groups is 1. The summed E-state index contributed by atoms with van der Waals surface area (Å²) in [5.74, 6) is -0.316. The van der Waals surface area contributed by atoms with Gasteiger partial charge in [-0.25, -0.2) is 0 Å². The van der Waals surface area contributed by atoms with Gasteiger partial charge in [-0.2, -0.15) is 0 Å². The Labute approximate surface area is 85.6 Å². The standard InChI is InChI=1S/C10H21NO3/c1-10(2,13)9(12)11-7-5-4-6-8-14-3/h13H,4-8H2,1-3H3,(H,11,12). The van der Waals surface area contributed by atoms with Crippen molar-refractivity contribution in [3.63, 3.8) is 0 Å². The Hall–Kier alpha value is -0.610. The molecule has 0 atom stereocenters. The van der Waals surface area contributed by atoms with Crippen LogP contribution in [0, 0.1) is 0 Å². The maximum atomic E-state index is 11.2. The maximum Gasteiger partial charge on any atom is 0.251 e. The molecule has 0 aromatic carbocycles. The monoisotopic (exact) mass is 203 g/mol. The molecule has 0 aromatic rings. The molecule has 1 amide bonds. The van der Waals surface area contributed by atoms with E-state index in [1.807, 2.05) is 0 Å². The number of ether oxygens (including phenoxy) is 1. The first kappa shape index (κ1) is 13.4. The normalized spacial score (nSPS) is 11.4. The van der Waals surface area contributed by atoms with Crippen molar-refractivity contribution < 1.29 is 14.6 Å². The molecule has 0 aliphatic heterocycles. The molecular formula is C10H21NO3. The minimum absolute atomic E-state index is 0.316. The van der Waals surface area contributed by atoms with Crippen LogP contribution in [0.25, 0.3) is 0 Å². The Balaban J connectivity index is 3.33. The highest BCUT2D eigenvalue weighted by Crippen LogP contribution is 2.00. The van der Waals surface area contributed by atoms with Crippen LogP contribution < -0.4 is 5.32 Å². The van der Waals surface area contributed by atoms with E-state index in [0.29, 0.717) is 6.54 Å². The quantitative estimate of drug-likeness (QED) is 0.598. The van der Waals surface area contributed by atoms with Gasteiger partial charge in [0.25, 0.3) is 5.91 Å². The number of rotatable bonds is 7. The molecule has 0 bridgehead atoms. The molecule has 0 unspecified atom stereocenters. The zero-order chi connectivity index (χ0) is 11.0. The highest BCUT2D eigenvalue weighted by Gasteiger charge is 2.22. The first-order valence-corrected chi connectivity index (χ1v) is 4.98. The number of unbranched alkanes of at least 4 members (excludes halogenated alkanes) is 2. The van der Waals surface area contributed by atoms with Crippen molar-refractivity contribution in [3.05, 3.63) is 0 Å². The third kappa shape index (κ3) is 6.86. The Morgan fingerprint density at radius 3 is 2.50 bits per heavy atom. The molecule has 4 heteroatoms. The van der Waals surface area contributed by atoms with E-state index in [2.05, 4.69) is 5.32 Å². The summed E-state index contributed by atoms with van der Waals surface area (Å²) in [6, 6.07) is 0. The molecule has 0 radical (unpaired) electrons. The van der Waals surface area contributed by atoms with E-state index in [1.54, 1.807) is 7.11 Å². The predicted molar refractivity (Wildman–Crippen MR) is 55.0 cm³/mol. The second-order valence-corrected chi connectivity index (χ2v) is 3.87. The van der Waals surface area contributed by atoms with Crippen LogP contribution in [0.3, 0.4) is 0 Å². The van der Waals surface area contributed by atoms with Crippen molar-refractivity contribution in [3.8, 4) is 0 Å². The van der Waals surface area contributed by atoms with Gasteiger partial charge >= 0.3 is 0 Å². The average molecular weight is 203 g/mol. The minimum Gasteiger partial charge on any atom is -0.385 e. The van der Waals surface area contributed by atoms with Gasteiger partial charge in [-0.3, -0.25) is 4.79 Å². The van der Waals surface area contributed by atoms with Crippen LogP contribution >= 0.6 is 0 Å². The Kier molecular flexibility index (Phi) is 6.49. The summed E-state index contributed by atoms with van der Waals surface area (Å²) >= 11 is 0. The summed E-state index contributed by atoms with van der Waals surface area (Å²) in [5, 5.41) is 12.0. The second kappa shape index (κ2) is 6.79. The van der Waals surface area contributed by atoms with Crippen molar-refractivity contribution in [2.45, 2.75) is 38.7 Å². The van der Waals surface area contributed by atoms with Crippen LogP contribution in [-0.2, 0) is 9.53 Å². The highest BCUT2D eigenvalue weighted by atomic mass is 16.5. The van der Waals surface area contributed by atoms with Gasteiger partial charge in [0.1, 0.15) is 5.60 Å². The van der Waals surface area contributed by atoms with Gasteiger partial charge < -0.3 is 15.2 Å². The van der Waals surface area contributed by atoms with E-state index in [1.165, 1.54) is 13.8 Å². The molecule has 0 aliphatic rings. The lowest BCUT2D eigenvalue weighted by Gasteiger charge is -2.16. The predicted octanol–water partition coefficient (Wildman–Crippen LogP) is 0.690. The van der Waals surface area contributed by atoms with E-state index in [4.69, 9.17) is 4.74 Å². The number of methoxy groups -OCH3 is 1. The lowest BCUT2D eigenvalue weighted by molar-refractivity contribution is -0.136. The van der Waals surface area contributed by atoms with E-state index in [-0.39, 0.29) is 5.91 Å². The fourth-order valence-corrected chi connectivity index (χ4v) is 0.966. The van der Waals surface area contributed by atoms with E-state index < -0.39 is 5.60 Å². The molecule has 0 aromatic heterocycles. The topological polar surface area (TPSA) is 58.6 Å². The van der Waals surface area contributed by atoms with Crippen LogP contribution in [0.5, 0.6) is 0 Å². The molecule has 0 aliphatic carbocycles. The molecule has 84 valence electrons. The summed E-state index contributed by atoms with van der Waals surface area (Å²) in [6.07, 6.45) is 2.96. The molecule has 0 heterocycles. The van der Waals surface area contributed by atoms with Crippen LogP contribution in [0.4, 0.5) is 0 Å². The second-order valence-electron chi connectivity index (χ2n) is 3.87. The summed E-state index contributed by atoms with van der Waals surface area (Å²) < 4.78 is 4.90. The van der Waals surface area contributed by atoms with Crippen molar-refractivity contribution in [1.82, 2.24) is 5.32 Å². The number of hydrogen-bond donors (Lipinski definition) is 2. The average Bonchev–Trinajstić information content (AvgIpc) is 2.09. The van der Waals surface area contributed by atoms with Crippen LogP contribution in [-0.4, -0.2) is 36.9 Å². The largest absolute Gasteiger partial charge is 0.385 e. The summed E-state index contributed by atoms with van der Waals surface area (Å²) in [4.78, 5) is 11.2. The summed E-state index contributed by atoms with van der Waals surface area (Å²) in [5.41, 5.74) is -1.27. The smallest absolute Gasteiger partial charge is 0.251 e. The molecule has 0 saturated carbocycles. The molecule has 0 saturated heterocycles. The summed E-state index contributed by atoms with van der Waals surface area (Å²) in [7, 11) is 1.68. The van der Waals surface area contributed by atoms with Gasteiger partial charge in [-0.15, -0.1) is 0 Å². The maximum absolute atomic E-state index is 11.2. The zero-order valence-corrected chi connectivity index (χ0v) is 9.30. The third-order valence-corrected chi connectivity index (χ3v) is 1.87. The molecule has 0 spiro atoms. The Morgan fingerprint density at radius 1 is 1.36 bits per heavy atom. The van der Waals surface area contributed by atoms with Crippen molar-refractivity contribution in [1.29, 1.82) is 0 Å². The number of hydrogen-bond acceptors (Lipinski definition) is 3. The minimum atomic E-state index is -1.27. The molecule has 2 N–H and O–H groups in total. The molecule has 0 fully saturated rings. The third-order valence-electron chi connectivity index (χ3n) is 1.87. The lowest BCUT2D eigenvalue weighted by atomic mass is 10.1. The molecule has 14 heavy (non-hydrogen) atoms. The first-order chi connectivity index (χ1) is 6.48. The zero-order valence-electron chi connectivity index (χ0n) is 9.30. The summed E-state index contributed by atoms with van der Waals surface area (Å²) in [6.45, 7) is 4.34. The van der Waals surface area contributed by atoms with E-state index in [0.717, 1.165) is 25.9 Å². The first-order valence-electron chi connectivity index (χ1n) is 4.98. The molecule has 0 rings (SSSR count). The fraction of sp³-hybridized carbons (Fsp3) is 0.900. The fourth-order valence-electron chi connectivity index (χ4n) is 0.966. The van der Waals surface area contributed by atoms with Gasteiger partial charge in [-0.1, -0.05) is 0 Å². The van der Waals surface area contributed by atoms with Crippen molar-refractivity contribution in [2.24, 2.45) is 0 Å². The number of aliphatic hydroxyl groups is 1. The van der Waals surface area contributed by atoms with Crippen molar-refractivity contribution in [2.75, 3.05) is 20.3 Å². The van der Waals surface area contributed by atoms with E-state index >= 15 is 0 Å². The Bertz CT molecular complexity index is 163. The Morgan fingerprint density at radius 2 is 2.00 bits per heavy atom. The van der Waals surface area contributed by atoms with Gasteiger partial charge in [0.15, 0.2) is 0 Å². The van der Waals surface area contributed by atoms with Crippen LogP contribution in [0.1, 0.15) is 33.1 Å². The van der Waals surface area contributed by atoms with Crippen LogP contribution in [0.2, 0.25) is 0 Å². The van der Waals surface area contributed by atoms with Crippen molar-refractivity contribution >= 4 is 5.91 Å². The van der Waals surface area contributed by atoms with Gasteiger partial charge in [-0.05, 0) is 33.1 Å². The molecular weight excluding hydrogens is 182 g/mol. The number of amides is 1. The van der Waals surface area contributed by atoms with Gasteiger partial charge in [0, 0.05) is 20.3 Å². The van der Waals surface area contributed by atoms with E-state index in [9.17, 15) is 9.90 Å². The number of carbonyl (C=O) groups excluding carboxylic acids is 1. The van der Waals surface area contributed by atoms with Crippen LogP contribution in [0.15, 0.2) is 0 Å². The SMILES string of the molecule is COCCCCCNC(=O)C(C)(C)O.